The van der Waals surface area contributed by atoms with E-state index in [-0.39, 0.29) is 44.8 Å². The number of halogens is 6. The molecule has 10 aromatic rings. The van der Waals surface area contributed by atoms with Crippen LogP contribution in [0, 0.1) is 41.5 Å². The average molecular weight is 1270 g/mol. The maximum absolute atomic E-state index is 10.7. The van der Waals surface area contributed by atoms with Crippen molar-refractivity contribution in [3.63, 3.8) is 0 Å². The van der Waals surface area contributed by atoms with Gasteiger partial charge in [-0.15, -0.1) is 0 Å². The van der Waals surface area contributed by atoms with Crippen molar-refractivity contribution >= 4 is 64.4 Å². The van der Waals surface area contributed by atoms with E-state index in [1.165, 1.54) is 77.7 Å². The second-order valence-electron chi connectivity index (χ2n) is 17.4. The average Bonchev–Trinajstić information content (AvgIpc) is 4.14. The third-order valence-corrected chi connectivity index (χ3v) is 13.7. The zero-order valence-electron chi connectivity index (χ0n) is 41.2. The van der Waals surface area contributed by atoms with E-state index in [2.05, 4.69) is 165 Å². The van der Waals surface area contributed by atoms with Crippen LogP contribution in [0.15, 0.2) is 135 Å². The molecule has 0 bridgehead atoms. The molecule has 4 aromatic heterocycles. The molecular formula is C52H48Ag2F6N8O6S2. The first-order valence-corrected chi connectivity index (χ1v) is 25.4. The summed E-state index contributed by atoms with van der Waals surface area (Å²) in [5, 5.41) is 0. The van der Waals surface area contributed by atoms with Crippen molar-refractivity contribution in [1.82, 2.24) is 38.2 Å². The van der Waals surface area contributed by atoms with Gasteiger partial charge in [0.25, 0.3) is 0 Å². The van der Waals surface area contributed by atoms with Crippen molar-refractivity contribution in [3.8, 4) is 0 Å². The molecule has 0 saturated heterocycles. The van der Waals surface area contributed by atoms with Crippen molar-refractivity contribution in [3.05, 3.63) is 190 Å². The maximum Gasteiger partial charge on any atom is 1.00 e. The van der Waals surface area contributed by atoms with Crippen molar-refractivity contribution in [2.24, 2.45) is 0 Å². The minimum absolute atomic E-state index is 0. The first-order chi connectivity index (χ1) is 34.7. The van der Waals surface area contributed by atoms with Crippen molar-refractivity contribution in [1.29, 1.82) is 0 Å². The van der Waals surface area contributed by atoms with Crippen LogP contribution < -0.4 is 0 Å². The first-order valence-electron chi connectivity index (χ1n) is 22.5. The number of imidazole rings is 4. The number of nitrogens with zero attached hydrogens (tertiary/aromatic N) is 8. The molecule has 10 rings (SSSR count). The Balaban J connectivity index is 0.000000215. The van der Waals surface area contributed by atoms with Gasteiger partial charge in [0.2, 0.25) is 0 Å². The van der Waals surface area contributed by atoms with E-state index in [0.717, 1.165) is 48.2 Å². The standard InChI is InChI=1S/2C25H24N4.2CHF3O3S.2Ag/c2*1-17-12-18(2)21(14-29-16-27-23-9-5-7-11-25(23)29)19(3)20(17)13-28-15-26-22-8-4-6-10-24(22)28;2*2-1(3,4)8(5,6)7;;/h2*4-12,15-16H,13-14H2,1-3H3;2*(H,5,6,7);;/q;;;;2*+1/p-2. The van der Waals surface area contributed by atoms with E-state index in [1.807, 2.05) is 49.6 Å². The molecule has 0 amide bonds. The molecule has 0 aliphatic heterocycles. The number of hydrogen-bond acceptors (Lipinski definition) is 10. The second-order valence-corrected chi connectivity index (χ2v) is 20.2. The monoisotopic (exact) mass is 1270 g/mol. The molecule has 6 aromatic carbocycles. The van der Waals surface area contributed by atoms with Crippen LogP contribution in [-0.2, 0) is 91.2 Å². The summed E-state index contributed by atoms with van der Waals surface area (Å²) >= 11 is 0. The predicted molar refractivity (Wildman–Crippen MR) is 268 cm³/mol. The maximum atomic E-state index is 10.7. The molecular weight excluding hydrogens is 1230 g/mol. The van der Waals surface area contributed by atoms with Crippen LogP contribution in [0.1, 0.15) is 55.6 Å². The topological polar surface area (TPSA) is 186 Å². The van der Waals surface area contributed by atoms with Gasteiger partial charge >= 0.3 is 55.8 Å². The molecule has 0 unspecified atom stereocenters. The van der Waals surface area contributed by atoms with Gasteiger partial charge in [-0.3, -0.25) is 0 Å². The van der Waals surface area contributed by atoms with Crippen LogP contribution in [0.25, 0.3) is 44.1 Å². The fourth-order valence-electron chi connectivity index (χ4n) is 8.74. The smallest absolute Gasteiger partial charge is 0.741 e. The Bertz CT molecular complexity index is 3440. The van der Waals surface area contributed by atoms with Gasteiger partial charge in [-0.25, -0.2) is 36.8 Å². The van der Waals surface area contributed by atoms with Crippen LogP contribution >= 0.6 is 0 Å². The molecule has 0 fully saturated rings. The summed E-state index contributed by atoms with van der Waals surface area (Å²) in [5.74, 6) is 0. The Morgan fingerprint density at radius 3 is 0.763 bits per heavy atom. The molecule has 0 spiro atoms. The molecule has 0 radical (unpaired) electrons. The summed E-state index contributed by atoms with van der Waals surface area (Å²) in [5.41, 5.74) is 11.1. The predicted octanol–water partition coefficient (Wildman–Crippen LogP) is 10.9. The quantitative estimate of drug-likeness (QED) is 0.0613. The third-order valence-electron chi connectivity index (χ3n) is 12.6. The minimum Gasteiger partial charge on any atom is -0.741 e. The third kappa shape index (κ3) is 14.0. The summed E-state index contributed by atoms with van der Waals surface area (Å²) in [7, 11) is -12.2. The zero-order valence-corrected chi connectivity index (χ0v) is 45.8. The van der Waals surface area contributed by atoms with Crippen LogP contribution in [0.5, 0.6) is 0 Å². The number of hydrogen-bond donors (Lipinski definition) is 0. The van der Waals surface area contributed by atoms with Crippen LogP contribution in [0.4, 0.5) is 26.3 Å². The summed E-state index contributed by atoms with van der Waals surface area (Å²) in [4.78, 5) is 18.2. The van der Waals surface area contributed by atoms with Crippen molar-refractivity contribution in [2.75, 3.05) is 0 Å². The van der Waals surface area contributed by atoms with Gasteiger partial charge in [0.15, 0.2) is 20.2 Å². The van der Waals surface area contributed by atoms with Crippen LogP contribution in [-0.4, -0.2) is 75.2 Å². The Morgan fingerprint density at radius 2 is 0.579 bits per heavy atom. The molecule has 24 heteroatoms. The summed E-state index contributed by atoms with van der Waals surface area (Å²) in [6, 6.07) is 37.9. The molecule has 76 heavy (non-hydrogen) atoms. The van der Waals surface area contributed by atoms with E-state index in [0.29, 0.717) is 0 Å². The van der Waals surface area contributed by atoms with Crippen molar-refractivity contribution < 1.29 is 97.0 Å². The SMILES string of the molecule is Cc1cc(C)c(Cn2cnc3ccccc32)c(C)c1Cn1cnc2ccccc21.Cc1cc(C)c(Cn2cnc3ccccc32)c(C)c1Cn1cnc2ccccc21.O=S(=O)([O-])C(F)(F)F.O=S(=O)([O-])C(F)(F)F.[Ag+].[Ag+]. The number of aryl methyl sites for hydroxylation is 4. The first kappa shape index (κ1) is 60.9. The fourth-order valence-corrected chi connectivity index (χ4v) is 8.74. The van der Waals surface area contributed by atoms with E-state index < -0.39 is 31.3 Å². The molecule has 4 heterocycles. The molecule has 408 valence electrons. The largest absolute Gasteiger partial charge is 1.00 e. The number of benzene rings is 6. The van der Waals surface area contributed by atoms with E-state index in [4.69, 9.17) is 25.9 Å². The van der Waals surface area contributed by atoms with Gasteiger partial charge in [-0.05, 0) is 146 Å². The number of rotatable bonds is 8. The van der Waals surface area contributed by atoms with Crippen LogP contribution in [0.2, 0.25) is 0 Å². The normalized spacial score (nSPS) is 11.8. The van der Waals surface area contributed by atoms with E-state index in [1.54, 1.807) is 0 Å². The zero-order chi connectivity index (χ0) is 53.9. The van der Waals surface area contributed by atoms with Gasteiger partial charge in [-0.2, -0.15) is 26.3 Å². The summed E-state index contributed by atoms with van der Waals surface area (Å²) < 4.78 is 127. The second kappa shape index (κ2) is 24.6. The molecule has 0 aliphatic rings. The van der Waals surface area contributed by atoms with Gasteiger partial charge in [0.1, 0.15) is 0 Å². The summed E-state index contributed by atoms with van der Waals surface area (Å²) in [6.45, 7) is 16.7. The van der Waals surface area contributed by atoms with Gasteiger partial charge in [0, 0.05) is 26.2 Å². The number of fused-ring (bicyclic) bond motifs is 4. The van der Waals surface area contributed by atoms with E-state index >= 15 is 0 Å². The van der Waals surface area contributed by atoms with Gasteiger partial charge < -0.3 is 27.4 Å². The molecule has 0 aliphatic carbocycles. The van der Waals surface area contributed by atoms with Crippen molar-refractivity contribution in [2.45, 2.75) is 78.7 Å². The van der Waals surface area contributed by atoms with Crippen LogP contribution in [0.3, 0.4) is 0 Å². The van der Waals surface area contributed by atoms with E-state index in [9.17, 15) is 26.3 Å². The number of alkyl halides is 6. The Kier molecular flexibility index (Phi) is 19.7. The minimum atomic E-state index is -6.09. The molecule has 0 N–H and O–H groups in total. The Hall–Kier alpha value is -5.92. The Labute approximate surface area is 465 Å². The van der Waals surface area contributed by atoms with Gasteiger partial charge in [-0.1, -0.05) is 60.7 Å². The molecule has 0 atom stereocenters. The molecule has 0 saturated carbocycles. The Morgan fingerprint density at radius 1 is 0.395 bits per heavy atom. The fraction of sp³-hybridized carbons (Fsp3) is 0.231. The number of aromatic nitrogens is 8. The summed E-state index contributed by atoms with van der Waals surface area (Å²) in [6.07, 6.45) is 7.80. The van der Waals surface area contributed by atoms with Gasteiger partial charge in [0.05, 0.1) is 69.4 Å². The molecule has 14 nitrogen and oxygen atoms in total. The number of para-hydroxylation sites is 8.